The molecule has 0 spiro atoms. The van der Waals surface area contributed by atoms with Gasteiger partial charge in [0.1, 0.15) is 16.9 Å². The number of hydrogen-bond acceptors (Lipinski definition) is 10. The molecule has 10 heteroatoms. The van der Waals surface area contributed by atoms with Gasteiger partial charge in [-0.15, -0.1) is 0 Å². The molecule has 1 heterocycles. The second-order valence-electron chi connectivity index (χ2n) is 10.4. The van der Waals surface area contributed by atoms with Crippen LogP contribution in [0.3, 0.4) is 0 Å². The van der Waals surface area contributed by atoms with Crippen LogP contribution < -0.4 is 4.74 Å². The van der Waals surface area contributed by atoms with E-state index in [1.807, 2.05) is 20.8 Å². The molecule has 10 nitrogen and oxygen atoms in total. The molecule has 0 N–H and O–H groups in total. The molecule has 5 atom stereocenters. The zero-order chi connectivity index (χ0) is 29.2. The zero-order valence-corrected chi connectivity index (χ0v) is 24.0. The molecule has 0 amide bonds. The topological polar surface area (TPSA) is 124 Å². The average Bonchev–Trinajstić information content (AvgIpc) is 2.83. The van der Waals surface area contributed by atoms with Crippen LogP contribution in [0.1, 0.15) is 97.3 Å². The number of para-hydroxylation sites is 1. The van der Waals surface area contributed by atoms with Crippen molar-refractivity contribution in [2.24, 2.45) is 0 Å². The minimum Gasteiger partial charge on any atom is -0.460 e. The maximum atomic E-state index is 12.9. The Morgan fingerprint density at radius 3 is 1.77 bits per heavy atom. The van der Waals surface area contributed by atoms with Gasteiger partial charge in [0.15, 0.2) is 12.2 Å². The van der Waals surface area contributed by atoms with Gasteiger partial charge in [-0.05, 0) is 59.1 Å². The zero-order valence-electron chi connectivity index (χ0n) is 24.0. The number of benzene rings is 1. The quantitative estimate of drug-likeness (QED) is 0.262. The fourth-order valence-electron chi connectivity index (χ4n) is 3.93. The standard InChI is InChI=1S/C29H42O10/c1-8-13-21(30)36-24-18(4)34-28(26(38-23(32)15-10-3)25(24)37-22(31)14-9-2)35-20-17-12-11-16-19(20)27(33)39-29(5,6)7/h11-12,16-18,24-26,28H,8-10,13-15H2,1-7H3/t18-,24+,25+,26-,28?/m0/s1. The Labute approximate surface area is 230 Å². The average molecular weight is 551 g/mol. The van der Waals surface area contributed by atoms with Crippen molar-refractivity contribution >= 4 is 23.9 Å². The van der Waals surface area contributed by atoms with E-state index in [0.717, 1.165) is 0 Å². The molecule has 0 aromatic heterocycles. The van der Waals surface area contributed by atoms with Gasteiger partial charge in [0.2, 0.25) is 12.4 Å². The molecule has 218 valence electrons. The highest BCUT2D eigenvalue weighted by Crippen LogP contribution is 2.32. The number of rotatable bonds is 12. The maximum Gasteiger partial charge on any atom is 0.342 e. The second kappa shape index (κ2) is 14.9. The van der Waals surface area contributed by atoms with Gasteiger partial charge in [0.25, 0.3) is 0 Å². The van der Waals surface area contributed by atoms with Crippen LogP contribution in [0.5, 0.6) is 5.75 Å². The molecule has 1 aromatic carbocycles. The van der Waals surface area contributed by atoms with Crippen LogP contribution in [-0.4, -0.2) is 60.2 Å². The van der Waals surface area contributed by atoms with Gasteiger partial charge in [-0.2, -0.15) is 0 Å². The highest BCUT2D eigenvalue weighted by atomic mass is 16.7. The fourth-order valence-corrected chi connectivity index (χ4v) is 3.93. The van der Waals surface area contributed by atoms with Crippen LogP contribution in [0.25, 0.3) is 0 Å². The largest absolute Gasteiger partial charge is 0.460 e. The van der Waals surface area contributed by atoms with E-state index in [4.69, 9.17) is 28.4 Å². The normalized spacial score (nSPS) is 22.9. The molecule has 1 aliphatic rings. The molecule has 1 aliphatic heterocycles. The number of hydrogen-bond donors (Lipinski definition) is 0. The molecule has 2 rings (SSSR count). The van der Waals surface area contributed by atoms with Crippen LogP contribution in [0.15, 0.2) is 24.3 Å². The first-order valence-corrected chi connectivity index (χ1v) is 13.6. The highest BCUT2D eigenvalue weighted by molar-refractivity contribution is 5.92. The van der Waals surface area contributed by atoms with Gasteiger partial charge in [-0.3, -0.25) is 14.4 Å². The Kier molecular flexibility index (Phi) is 12.2. The Bertz CT molecular complexity index is 983. The molecule has 0 radical (unpaired) electrons. The Morgan fingerprint density at radius 2 is 1.26 bits per heavy atom. The monoisotopic (exact) mass is 550 g/mol. The van der Waals surface area contributed by atoms with Crippen LogP contribution in [0.4, 0.5) is 0 Å². The van der Waals surface area contributed by atoms with Crippen molar-refractivity contribution in [1.82, 2.24) is 0 Å². The molecule has 39 heavy (non-hydrogen) atoms. The second-order valence-corrected chi connectivity index (χ2v) is 10.4. The number of ether oxygens (including phenoxy) is 6. The molecule has 0 aliphatic carbocycles. The lowest BCUT2D eigenvalue weighted by atomic mass is 9.98. The smallest absolute Gasteiger partial charge is 0.342 e. The van der Waals surface area contributed by atoms with E-state index < -0.39 is 60.2 Å². The predicted octanol–water partition coefficient (Wildman–Crippen LogP) is 4.90. The molecule has 1 unspecified atom stereocenters. The van der Waals surface area contributed by atoms with Crippen molar-refractivity contribution in [2.75, 3.05) is 0 Å². The molecule has 1 fully saturated rings. The Hall–Kier alpha value is -3.14. The summed E-state index contributed by atoms with van der Waals surface area (Å²) in [6.45, 7) is 12.4. The van der Waals surface area contributed by atoms with E-state index in [1.165, 1.54) is 0 Å². The van der Waals surface area contributed by atoms with Crippen molar-refractivity contribution in [3.63, 3.8) is 0 Å². The Balaban J connectivity index is 2.49. The van der Waals surface area contributed by atoms with E-state index in [-0.39, 0.29) is 30.6 Å². The van der Waals surface area contributed by atoms with Crippen LogP contribution in [0, 0.1) is 0 Å². The van der Waals surface area contributed by atoms with Gasteiger partial charge in [-0.25, -0.2) is 4.79 Å². The minimum absolute atomic E-state index is 0.100. The summed E-state index contributed by atoms with van der Waals surface area (Å²) in [4.78, 5) is 50.6. The lowest BCUT2D eigenvalue weighted by Gasteiger charge is -2.43. The third-order valence-electron chi connectivity index (χ3n) is 5.64. The van der Waals surface area contributed by atoms with Crippen molar-refractivity contribution < 1.29 is 47.6 Å². The molecule has 0 saturated carbocycles. The third kappa shape index (κ3) is 9.84. The summed E-state index contributed by atoms with van der Waals surface area (Å²) in [5, 5.41) is 0. The Morgan fingerprint density at radius 1 is 0.769 bits per heavy atom. The van der Waals surface area contributed by atoms with E-state index in [9.17, 15) is 19.2 Å². The minimum atomic E-state index is -1.29. The van der Waals surface area contributed by atoms with Crippen molar-refractivity contribution in [2.45, 2.75) is 123 Å². The maximum absolute atomic E-state index is 12.9. The van der Waals surface area contributed by atoms with Gasteiger partial charge in [0, 0.05) is 19.3 Å². The molecule has 1 aromatic rings. The van der Waals surface area contributed by atoms with Gasteiger partial charge < -0.3 is 28.4 Å². The summed E-state index contributed by atoms with van der Waals surface area (Å²) in [7, 11) is 0. The van der Waals surface area contributed by atoms with Gasteiger partial charge >= 0.3 is 23.9 Å². The summed E-state index contributed by atoms with van der Waals surface area (Å²) in [6.07, 6.45) is -3.65. The summed E-state index contributed by atoms with van der Waals surface area (Å²) in [5.74, 6) is -2.09. The highest BCUT2D eigenvalue weighted by Gasteiger charge is 2.52. The van der Waals surface area contributed by atoms with E-state index >= 15 is 0 Å². The third-order valence-corrected chi connectivity index (χ3v) is 5.64. The number of esters is 4. The predicted molar refractivity (Wildman–Crippen MR) is 141 cm³/mol. The molecular formula is C29H42O10. The molecular weight excluding hydrogens is 508 g/mol. The van der Waals surface area contributed by atoms with Crippen LogP contribution in [-0.2, 0) is 38.1 Å². The van der Waals surface area contributed by atoms with Crippen LogP contribution >= 0.6 is 0 Å². The first kappa shape index (κ1) is 32.1. The van der Waals surface area contributed by atoms with E-state index in [1.54, 1.807) is 52.0 Å². The van der Waals surface area contributed by atoms with E-state index in [2.05, 4.69) is 0 Å². The lowest BCUT2D eigenvalue weighted by molar-refractivity contribution is -0.281. The van der Waals surface area contributed by atoms with Crippen LogP contribution in [0.2, 0.25) is 0 Å². The molecule has 1 saturated heterocycles. The lowest BCUT2D eigenvalue weighted by Crippen LogP contribution is -2.62. The van der Waals surface area contributed by atoms with Gasteiger partial charge in [-0.1, -0.05) is 32.9 Å². The first-order chi connectivity index (χ1) is 18.4. The molecule has 0 bridgehead atoms. The number of carbonyl (C=O) groups is 4. The van der Waals surface area contributed by atoms with Gasteiger partial charge in [0.05, 0.1) is 6.10 Å². The fraction of sp³-hybridized carbons (Fsp3) is 0.655. The SMILES string of the molecule is CCCC(=O)O[C@@H]1[C@H](OC(=O)CCC)[C@H](C)OC(Oc2ccccc2C(=O)OC(C)(C)C)[C@H]1OC(=O)CCC. The summed E-state index contributed by atoms with van der Waals surface area (Å²) >= 11 is 0. The van der Waals surface area contributed by atoms with Crippen molar-refractivity contribution in [3.05, 3.63) is 29.8 Å². The number of carbonyl (C=O) groups excluding carboxylic acids is 4. The summed E-state index contributed by atoms with van der Waals surface area (Å²) < 4.78 is 34.8. The first-order valence-electron chi connectivity index (χ1n) is 13.6. The van der Waals surface area contributed by atoms with E-state index in [0.29, 0.717) is 19.3 Å². The van der Waals surface area contributed by atoms with Crippen molar-refractivity contribution in [1.29, 1.82) is 0 Å². The summed E-state index contributed by atoms with van der Waals surface area (Å²) in [6, 6.07) is 6.43. The van der Waals surface area contributed by atoms with Crippen molar-refractivity contribution in [3.8, 4) is 5.75 Å². The summed E-state index contributed by atoms with van der Waals surface area (Å²) in [5.41, 5.74) is -0.606.